The highest BCUT2D eigenvalue weighted by Crippen LogP contribution is 2.32. The first-order valence-corrected chi connectivity index (χ1v) is 11.3. The number of nitrogens with zero attached hydrogens (tertiary/aromatic N) is 2. The molecule has 0 atom stereocenters. The SMILES string of the molecule is COc1c(C)cnc(CN(C(=O)OC(C)(C)C)c2cc(-c3ccccc3C)ccc2F)c1C.O=C=O. The van der Waals surface area contributed by atoms with Gasteiger partial charge < -0.3 is 9.47 Å². The van der Waals surface area contributed by atoms with Crippen LogP contribution >= 0.6 is 0 Å². The van der Waals surface area contributed by atoms with Crippen LogP contribution in [0.1, 0.15) is 43.2 Å². The molecule has 1 amide bonds. The lowest BCUT2D eigenvalue weighted by molar-refractivity contribution is -0.191. The summed E-state index contributed by atoms with van der Waals surface area (Å²) >= 11 is 0. The van der Waals surface area contributed by atoms with E-state index in [-0.39, 0.29) is 18.4 Å². The van der Waals surface area contributed by atoms with Crippen molar-refractivity contribution in [1.29, 1.82) is 0 Å². The number of carbonyl (C=O) groups is 1. The molecule has 0 unspecified atom stereocenters. The van der Waals surface area contributed by atoms with Crippen molar-refractivity contribution in [3.8, 4) is 16.9 Å². The van der Waals surface area contributed by atoms with Crippen LogP contribution in [0.2, 0.25) is 0 Å². The number of anilines is 1. The van der Waals surface area contributed by atoms with Gasteiger partial charge in [0, 0.05) is 17.3 Å². The van der Waals surface area contributed by atoms with Gasteiger partial charge in [-0.25, -0.2) is 9.18 Å². The Morgan fingerprint density at radius 3 is 2.28 bits per heavy atom. The summed E-state index contributed by atoms with van der Waals surface area (Å²) < 4.78 is 26.3. The van der Waals surface area contributed by atoms with Gasteiger partial charge in [-0.1, -0.05) is 30.3 Å². The molecule has 0 aliphatic rings. The Labute approximate surface area is 210 Å². The third kappa shape index (κ3) is 6.99. The average Bonchev–Trinajstić information content (AvgIpc) is 2.79. The zero-order valence-electron chi connectivity index (χ0n) is 21.6. The normalized spacial score (nSPS) is 10.6. The molecule has 190 valence electrons. The van der Waals surface area contributed by atoms with Crippen molar-refractivity contribution >= 4 is 17.9 Å². The molecule has 0 bridgehead atoms. The second-order valence-electron chi connectivity index (χ2n) is 9.18. The molecule has 0 aliphatic heterocycles. The molecule has 8 heteroatoms. The molecule has 0 spiro atoms. The monoisotopic (exact) mass is 494 g/mol. The Balaban J connectivity index is 0.00000145. The lowest BCUT2D eigenvalue weighted by atomic mass is 10.00. The van der Waals surface area contributed by atoms with Crippen molar-refractivity contribution in [3.63, 3.8) is 0 Å². The first-order valence-electron chi connectivity index (χ1n) is 11.3. The van der Waals surface area contributed by atoms with Crippen molar-refractivity contribution < 1.29 is 28.2 Å². The summed E-state index contributed by atoms with van der Waals surface area (Å²) in [6, 6.07) is 12.6. The van der Waals surface area contributed by atoms with Gasteiger partial charge in [-0.05, 0) is 70.4 Å². The van der Waals surface area contributed by atoms with E-state index in [1.54, 1.807) is 46.2 Å². The summed E-state index contributed by atoms with van der Waals surface area (Å²) in [5, 5.41) is 0. The first-order chi connectivity index (χ1) is 16.9. The number of pyridine rings is 1. The zero-order chi connectivity index (χ0) is 27.0. The predicted octanol–water partition coefficient (Wildman–Crippen LogP) is 6.18. The van der Waals surface area contributed by atoms with Gasteiger partial charge in [0.15, 0.2) is 0 Å². The van der Waals surface area contributed by atoms with E-state index in [1.165, 1.54) is 11.0 Å². The van der Waals surface area contributed by atoms with Crippen LogP contribution in [0.25, 0.3) is 11.1 Å². The maximum absolute atomic E-state index is 15.1. The summed E-state index contributed by atoms with van der Waals surface area (Å²) in [6.07, 6.45) is 1.29. The van der Waals surface area contributed by atoms with E-state index in [2.05, 4.69) is 4.98 Å². The molecule has 36 heavy (non-hydrogen) atoms. The lowest BCUT2D eigenvalue weighted by Gasteiger charge is -2.28. The Morgan fingerprint density at radius 2 is 1.69 bits per heavy atom. The lowest BCUT2D eigenvalue weighted by Crippen LogP contribution is -2.37. The van der Waals surface area contributed by atoms with Gasteiger partial charge in [0.2, 0.25) is 0 Å². The van der Waals surface area contributed by atoms with Crippen LogP contribution in [0.4, 0.5) is 14.9 Å². The number of aryl methyl sites for hydroxylation is 2. The molecule has 0 radical (unpaired) electrons. The number of aromatic nitrogens is 1. The standard InChI is InChI=1S/C27H31FN2O3.CO2/c1-17-10-8-9-11-21(17)20-12-13-22(28)24(14-20)30(26(31)33-27(4,5)6)16-23-19(3)25(32-7)18(2)15-29-23;2-1-3/h8-15H,16H2,1-7H3;. The Morgan fingerprint density at radius 1 is 1.06 bits per heavy atom. The van der Waals surface area contributed by atoms with Crippen LogP contribution < -0.4 is 9.64 Å². The molecule has 0 aliphatic carbocycles. The molecule has 0 saturated heterocycles. The second-order valence-corrected chi connectivity index (χ2v) is 9.18. The van der Waals surface area contributed by atoms with Crippen molar-refractivity contribution in [1.82, 2.24) is 4.98 Å². The fraction of sp³-hybridized carbons (Fsp3) is 0.321. The molecule has 0 N–H and O–H groups in total. The Hall–Kier alpha value is -4.03. The van der Waals surface area contributed by atoms with Gasteiger partial charge in [0.1, 0.15) is 17.2 Å². The van der Waals surface area contributed by atoms with Gasteiger partial charge in [-0.3, -0.25) is 9.88 Å². The molecule has 1 heterocycles. The van der Waals surface area contributed by atoms with Crippen LogP contribution in [0.3, 0.4) is 0 Å². The van der Waals surface area contributed by atoms with Crippen molar-refractivity contribution in [2.75, 3.05) is 12.0 Å². The van der Waals surface area contributed by atoms with E-state index in [0.717, 1.165) is 27.8 Å². The molecule has 3 rings (SSSR count). The number of methoxy groups -OCH3 is 1. The summed E-state index contributed by atoms with van der Waals surface area (Å²) in [6.45, 7) is 11.1. The largest absolute Gasteiger partial charge is 0.496 e. The highest BCUT2D eigenvalue weighted by molar-refractivity contribution is 5.89. The van der Waals surface area contributed by atoms with Gasteiger partial charge in [0.25, 0.3) is 0 Å². The van der Waals surface area contributed by atoms with Crippen molar-refractivity contribution in [3.05, 3.63) is 76.9 Å². The van der Waals surface area contributed by atoms with E-state index < -0.39 is 17.5 Å². The molecular formula is C28H31FN2O5. The number of rotatable bonds is 5. The maximum Gasteiger partial charge on any atom is 0.415 e. The zero-order valence-corrected chi connectivity index (χ0v) is 21.6. The van der Waals surface area contributed by atoms with E-state index in [4.69, 9.17) is 19.1 Å². The number of hydrogen-bond donors (Lipinski definition) is 0. The Bertz CT molecular complexity index is 1260. The number of benzene rings is 2. The van der Waals surface area contributed by atoms with Crippen LogP contribution in [0.15, 0.2) is 48.7 Å². The summed E-state index contributed by atoms with van der Waals surface area (Å²) in [5.74, 6) is 0.174. The highest BCUT2D eigenvalue weighted by atomic mass is 19.1. The third-order valence-electron chi connectivity index (χ3n) is 5.36. The maximum atomic E-state index is 15.1. The molecule has 2 aromatic carbocycles. The molecule has 0 fully saturated rings. The van der Waals surface area contributed by atoms with Crippen LogP contribution in [0, 0.1) is 26.6 Å². The van der Waals surface area contributed by atoms with E-state index in [9.17, 15) is 4.79 Å². The predicted molar refractivity (Wildman–Crippen MR) is 134 cm³/mol. The molecule has 1 aromatic heterocycles. The van der Waals surface area contributed by atoms with E-state index in [1.807, 2.05) is 45.0 Å². The van der Waals surface area contributed by atoms with Crippen LogP contribution in [0.5, 0.6) is 5.75 Å². The quantitative estimate of drug-likeness (QED) is 0.421. The average molecular weight is 495 g/mol. The number of hydrogen-bond acceptors (Lipinski definition) is 6. The van der Waals surface area contributed by atoms with Gasteiger partial charge in [0.05, 0.1) is 25.0 Å². The highest BCUT2D eigenvalue weighted by Gasteiger charge is 2.27. The van der Waals surface area contributed by atoms with E-state index in [0.29, 0.717) is 11.4 Å². The molecule has 3 aromatic rings. The van der Waals surface area contributed by atoms with Gasteiger partial charge >= 0.3 is 12.2 Å². The van der Waals surface area contributed by atoms with Crippen molar-refractivity contribution in [2.45, 2.75) is 53.7 Å². The molecular weight excluding hydrogens is 463 g/mol. The van der Waals surface area contributed by atoms with Crippen LogP contribution in [-0.4, -0.2) is 29.9 Å². The number of ether oxygens (including phenoxy) is 2. The summed E-state index contributed by atoms with van der Waals surface area (Å²) in [7, 11) is 1.59. The van der Waals surface area contributed by atoms with Gasteiger partial charge in [-0.15, -0.1) is 0 Å². The van der Waals surface area contributed by atoms with Crippen molar-refractivity contribution in [2.24, 2.45) is 0 Å². The fourth-order valence-corrected chi connectivity index (χ4v) is 3.73. The summed E-state index contributed by atoms with van der Waals surface area (Å²) in [5.41, 5.74) is 4.50. The Kier molecular flexibility index (Phi) is 9.47. The minimum atomic E-state index is -0.743. The number of carbonyl (C=O) groups excluding carboxylic acids is 3. The van der Waals surface area contributed by atoms with Crippen LogP contribution in [-0.2, 0) is 20.9 Å². The smallest absolute Gasteiger partial charge is 0.415 e. The minimum Gasteiger partial charge on any atom is -0.496 e. The number of amides is 1. The minimum absolute atomic E-state index is 0.0333. The first kappa shape index (κ1) is 28.2. The topological polar surface area (TPSA) is 85.8 Å². The second kappa shape index (κ2) is 12.1. The number of halogens is 1. The summed E-state index contributed by atoms with van der Waals surface area (Å²) in [4.78, 5) is 35.3. The van der Waals surface area contributed by atoms with E-state index >= 15 is 4.39 Å². The van der Waals surface area contributed by atoms with Gasteiger partial charge in [-0.2, -0.15) is 9.59 Å². The fourth-order valence-electron chi connectivity index (χ4n) is 3.73. The molecule has 7 nitrogen and oxygen atoms in total. The third-order valence-corrected chi connectivity index (χ3v) is 5.36. The molecule has 0 saturated carbocycles.